The number of aromatic nitrogens is 2. The van der Waals surface area contributed by atoms with Crippen molar-refractivity contribution >= 4 is 28.4 Å². The van der Waals surface area contributed by atoms with E-state index in [0.717, 1.165) is 35.5 Å². The average Bonchev–Trinajstić information content (AvgIpc) is 3.17. The summed E-state index contributed by atoms with van der Waals surface area (Å²) in [6.07, 6.45) is 2.59. The van der Waals surface area contributed by atoms with Gasteiger partial charge in [-0.2, -0.15) is 4.98 Å². The molecule has 0 radical (unpaired) electrons. The highest BCUT2D eigenvalue weighted by Gasteiger charge is 2.12. The molecule has 5 nitrogen and oxygen atoms in total. The lowest BCUT2D eigenvalue weighted by atomic mass is 10.2. The minimum Gasteiger partial charge on any atom is -0.368 e. The van der Waals surface area contributed by atoms with Crippen molar-refractivity contribution < 1.29 is 4.39 Å². The van der Waals surface area contributed by atoms with Crippen molar-refractivity contribution in [3.8, 4) is 0 Å². The van der Waals surface area contributed by atoms with Gasteiger partial charge in [0.05, 0.1) is 5.52 Å². The van der Waals surface area contributed by atoms with Crippen LogP contribution in [-0.4, -0.2) is 41.0 Å². The van der Waals surface area contributed by atoms with Crippen LogP contribution in [0.4, 0.5) is 21.8 Å². The monoisotopic (exact) mass is 351 g/mol. The molecule has 1 saturated heterocycles. The molecule has 0 saturated carbocycles. The molecule has 1 aliphatic heterocycles. The average molecular weight is 351 g/mol. The van der Waals surface area contributed by atoms with E-state index in [2.05, 4.69) is 25.5 Å². The topological polar surface area (TPSA) is 53.1 Å². The fourth-order valence-corrected chi connectivity index (χ4v) is 3.27. The summed E-state index contributed by atoms with van der Waals surface area (Å²) in [4.78, 5) is 11.7. The second kappa shape index (κ2) is 7.66. The molecule has 2 aromatic carbocycles. The third-order valence-corrected chi connectivity index (χ3v) is 4.62. The fraction of sp³-hybridized carbons (Fsp3) is 0.300. The van der Waals surface area contributed by atoms with E-state index in [9.17, 15) is 4.39 Å². The number of nitrogens with zero attached hydrogens (tertiary/aromatic N) is 3. The van der Waals surface area contributed by atoms with Crippen molar-refractivity contribution in [1.29, 1.82) is 0 Å². The van der Waals surface area contributed by atoms with Crippen LogP contribution in [0.15, 0.2) is 48.5 Å². The number of likely N-dealkylation sites (tertiary alicyclic amines) is 1. The molecule has 0 amide bonds. The van der Waals surface area contributed by atoms with Crippen LogP contribution in [0.5, 0.6) is 0 Å². The zero-order chi connectivity index (χ0) is 17.8. The molecule has 4 rings (SSSR count). The molecule has 6 heteroatoms. The molecule has 1 fully saturated rings. The highest BCUT2D eigenvalue weighted by Crippen LogP contribution is 2.23. The molecule has 0 spiro atoms. The van der Waals surface area contributed by atoms with Crippen molar-refractivity contribution in [3.63, 3.8) is 0 Å². The van der Waals surface area contributed by atoms with Gasteiger partial charge in [0.15, 0.2) is 0 Å². The number of hydrogen-bond acceptors (Lipinski definition) is 5. The van der Waals surface area contributed by atoms with E-state index in [-0.39, 0.29) is 5.82 Å². The maximum Gasteiger partial charge on any atom is 0.229 e. The first-order valence-electron chi connectivity index (χ1n) is 9.03. The van der Waals surface area contributed by atoms with Gasteiger partial charge in [0.2, 0.25) is 5.95 Å². The summed E-state index contributed by atoms with van der Waals surface area (Å²) in [5.41, 5.74) is 1.63. The SMILES string of the molecule is Fc1ccc(Nc2nc(NCCN3CCCC3)c3ccccc3n2)cc1. The summed E-state index contributed by atoms with van der Waals surface area (Å²) in [5.74, 6) is 1.05. The zero-order valence-electron chi connectivity index (χ0n) is 14.6. The first-order chi connectivity index (χ1) is 12.8. The summed E-state index contributed by atoms with van der Waals surface area (Å²) < 4.78 is 13.1. The molecule has 26 heavy (non-hydrogen) atoms. The Morgan fingerprint density at radius 1 is 0.962 bits per heavy atom. The van der Waals surface area contributed by atoms with Gasteiger partial charge in [0.1, 0.15) is 11.6 Å². The van der Waals surface area contributed by atoms with Crippen molar-refractivity contribution in [2.24, 2.45) is 0 Å². The molecular weight excluding hydrogens is 329 g/mol. The van der Waals surface area contributed by atoms with E-state index < -0.39 is 0 Å². The third-order valence-electron chi connectivity index (χ3n) is 4.62. The second-order valence-electron chi connectivity index (χ2n) is 6.52. The van der Waals surface area contributed by atoms with E-state index in [1.807, 2.05) is 24.3 Å². The number of hydrogen-bond donors (Lipinski definition) is 2. The Hall–Kier alpha value is -2.73. The quantitative estimate of drug-likeness (QED) is 0.702. The largest absolute Gasteiger partial charge is 0.368 e. The predicted octanol–water partition coefficient (Wildman–Crippen LogP) is 4.02. The fourth-order valence-electron chi connectivity index (χ4n) is 3.27. The highest BCUT2D eigenvalue weighted by atomic mass is 19.1. The molecule has 0 bridgehead atoms. The Morgan fingerprint density at radius 2 is 1.73 bits per heavy atom. The van der Waals surface area contributed by atoms with E-state index in [0.29, 0.717) is 5.95 Å². The molecule has 0 unspecified atom stereocenters. The number of rotatable bonds is 6. The highest BCUT2D eigenvalue weighted by molar-refractivity contribution is 5.90. The maximum atomic E-state index is 13.1. The van der Waals surface area contributed by atoms with Gasteiger partial charge in [-0.25, -0.2) is 9.37 Å². The van der Waals surface area contributed by atoms with Gasteiger partial charge < -0.3 is 15.5 Å². The van der Waals surface area contributed by atoms with E-state index in [4.69, 9.17) is 0 Å². The Balaban J connectivity index is 1.54. The van der Waals surface area contributed by atoms with E-state index >= 15 is 0 Å². The second-order valence-corrected chi connectivity index (χ2v) is 6.52. The normalized spacial score (nSPS) is 14.7. The van der Waals surface area contributed by atoms with Crippen LogP contribution in [0.2, 0.25) is 0 Å². The molecular formula is C20H22FN5. The van der Waals surface area contributed by atoms with Crippen molar-refractivity contribution in [2.45, 2.75) is 12.8 Å². The Morgan fingerprint density at radius 3 is 2.54 bits per heavy atom. The third kappa shape index (κ3) is 3.91. The van der Waals surface area contributed by atoms with Crippen LogP contribution in [-0.2, 0) is 0 Å². The first kappa shape index (κ1) is 16.7. The molecule has 134 valence electrons. The lowest BCUT2D eigenvalue weighted by molar-refractivity contribution is 0.352. The minimum atomic E-state index is -0.265. The van der Waals surface area contributed by atoms with Crippen LogP contribution >= 0.6 is 0 Å². The summed E-state index contributed by atoms with van der Waals surface area (Å²) in [6, 6.07) is 14.1. The molecule has 2 heterocycles. The van der Waals surface area contributed by atoms with Gasteiger partial charge in [-0.3, -0.25) is 0 Å². The van der Waals surface area contributed by atoms with Gasteiger partial charge in [0.25, 0.3) is 0 Å². The van der Waals surface area contributed by atoms with Crippen molar-refractivity contribution in [2.75, 3.05) is 36.8 Å². The minimum absolute atomic E-state index is 0.265. The molecule has 0 aliphatic carbocycles. The summed E-state index contributed by atoms with van der Waals surface area (Å²) in [6.45, 7) is 4.23. The van der Waals surface area contributed by atoms with Crippen LogP contribution in [0.25, 0.3) is 10.9 Å². The van der Waals surface area contributed by atoms with Gasteiger partial charge >= 0.3 is 0 Å². The maximum absolute atomic E-state index is 13.1. The van der Waals surface area contributed by atoms with Gasteiger partial charge in [-0.05, 0) is 62.3 Å². The van der Waals surface area contributed by atoms with Gasteiger partial charge in [-0.1, -0.05) is 12.1 Å². The van der Waals surface area contributed by atoms with Crippen molar-refractivity contribution in [1.82, 2.24) is 14.9 Å². The molecule has 1 aromatic heterocycles. The van der Waals surface area contributed by atoms with E-state index in [1.54, 1.807) is 12.1 Å². The number of benzene rings is 2. The van der Waals surface area contributed by atoms with Gasteiger partial charge in [0, 0.05) is 24.2 Å². The number of halogens is 1. The lowest BCUT2D eigenvalue weighted by Gasteiger charge is -2.16. The van der Waals surface area contributed by atoms with Crippen LogP contribution in [0, 0.1) is 5.82 Å². The number of fused-ring (bicyclic) bond motifs is 1. The lowest BCUT2D eigenvalue weighted by Crippen LogP contribution is -2.26. The predicted molar refractivity (Wildman–Crippen MR) is 103 cm³/mol. The van der Waals surface area contributed by atoms with Crippen LogP contribution < -0.4 is 10.6 Å². The molecule has 3 aromatic rings. The standard InChI is InChI=1S/C20H22FN5/c21-15-7-9-16(10-8-15)23-20-24-18-6-2-1-5-17(18)19(25-20)22-11-14-26-12-3-4-13-26/h1-2,5-10H,3-4,11-14H2,(H2,22,23,24,25). The van der Waals surface area contributed by atoms with Crippen molar-refractivity contribution in [3.05, 3.63) is 54.3 Å². The van der Waals surface area contributed by atoms with Crippen LogP contribution in [0.1, 0.15) is 12.8 Å². The molecule has 1 aliphatic rings. The Kier molecular flexibility index (Phi) is 4.93. The molecule has 0 atom stereocenters. The Labute approximate surface area is 152 Å². The number of nitrogens with one attached hydrogen (secondary N) is 2. The molecule has 2 N–H and O–H groups in total. The van der Waals surface area contributed by atoms with Gasteiger partial charge in [-0.15, -0.1) is 0 Å². The number of para-hydroxylation sites is 1. The summed E-state index contributed by atoms with van der Waals surface area (Å²) >= 11 is 0. The van der Waals surface area contributed by atoms with E-state index in [1.165, 1.54) is 38.1 Å². The zero-order valence-corrected chi connectivity index (χ0v) is 14.6. The Bertz CT molecular complexity index is 875. The summed E-state index contributed by atoms with van der Waals surface area (Å²) in [5, 5.41) is 7.61. The smallest absolute Gasteiger partial charge is 0.229 e. The first-order valence-corrected chi connectivity index (χ1v) is 9.03. The summed E-state index contributed by atoms with van der Waals surface area (Å²) in [7, 11) is 0. The van der Waals surface area contributed by atoms with Crippen LogP contribution in [0.3, 0.4) is 0 Å². The number of anilines is 3.